The first-order valence-corrected chi connectivity index (χ1v) is 14.8. The van der Waals surface area contributed by atoms with E-state index in [1.54, 1.807) is 31.1 Å². The standard InChI is InChI=1S/C33H40FN5O3/c1-23-28-10-5-11-29(34)32(28)39(18-7-19-42-3)31(23)25-9-6-17-38(22-25)30(40)12-4-8-24-13-15-27(16-14-24)36-33(41)26-20-35-37(2)21-26/h5,10-11,13-16,20-21,25H,4,6-9,12,17-19,22H2,1-3H3,(H,36,41). The first kappa shape index (κ1) is 29.5. The van der Waals surface area contributed by atoms with E-state index in [1.165, 1.54) is 12.3 Å². The lowest BCUT2D eigenvalue weighted by molar-refractivity contribution is -0.132. The summed E-state index contributed by atoms with van der Waals surface area (Å²) in [5, 5.41) is 7.87. The van der Waals surface area contributed by atoms with E-state index in [-0.39, 0.29) is 23.5 Å². The zero-order valence-corrected chi connectivity index (χ0v) is 24.7. The number of benzene rings is 2. The molecule has 2 aromatic heterocycles. The second-order valence-corrected chi connectivity index (χ2v) is 11.2. The SMILES string of the molecule is COCCCn1c(C2CCCN(C(=O)CCCc3ccc(NC(=O)c4cnn(C)c4)cc3)C2)c(C)c2cccc(F)c21. The number of hydrogen-bond acceptors (Lipinski definition) is 4. The summed E-state index contributed by atoms with van der Waals surface area (Å²) in [6, 6.07) is 13.1. The fourth-order valence-electron chi connectivity index (χ4n) is 6.20. The summed E-state index contributed by atoms with van der Waals surface area (Å²) in [5.74, 6) is -0.0544. The Hall–Kier alpha value is -3.98. The van der Waals surface area contributed by atoms with Gasteiger partial charge in [-0.15, -0.1) is 0 Å². The number of anilines is 1. The Bertz CT molecular complexity index is 1540. The third-order valence-electron chi connectivity index (χ3n) is 8.26. The van der Waals surface area contributed by atoms with Crippen molar-refractivity contribution in [3.05, 3.63) is 83.1 Å². The van der Waals surface area contributed by atoms with Gasteiger partial charge < -0.3 is 19.5 Å². The predicted octanol–water partition coefficient (Wildman–Crippen LogP) is 5.84. The lowest BCUT2D eigenvalue weighted by atomic mass is 9.91. The molecule has 0 saturated carbocycles. The molecule has 1 fully saturated rings. The summed E-state index contributed by atoms with van der Waals surface area (Å²) >= 11 is 0. The quantitative estimate of drug-likeness (QED) is 0.229. The smallest absolute Gasteiger partial charge is 0.258 e. The van der Waals surface area contributed by atoms with Gasteiger partial charge in [-0.2, -0.15) is 5.10 Å². The van der Waals surface area contributed by atoms with Gasteiger partial charge in [-0.1, -0.05) is 24.3 Å². The molecule has 2 amide bonds. The highest BCUT2D eigenvalue weighted by Gasteiger charge is 2.29. The number of halogens is 1. The van der Waals surface area contributed by atoms with Crippen molar-refractivity contribution in [2.75, 3.05) is 32.1 Å². The molecule has 222 valence electrons. The van der Waals surface area contributed by atoms with Crippen LogP contribution >= 0.6 is 0 Å². The summed E-state index contributed by atoms with van der Waals surface area (Å²) in [7, 11) is 3.46. The molecular formula is C33H40FN5O3. The van der Waals surface area contributed by atoms with Crippen molar-refractivity contribution in [2.24, 2.45) is 7.05 Å². The van der Waals surface area contributed by atoms with Crippen LogP contribution in [0.5, 0.6) is 0 Å². The highest BCUT2D eigenvalue weighted by atomic mass is 19.1. The number of methoxy groups -OCH3 is 1. The number of amides is 2. The molecule has 42 heavy (non-hydrogen) atoms. The average molecular weight is 574 g/mol. The van der Waals surface area contributed by atoms with Crippen LogP contribution in [0.15, 0.2) is 54.9 Å². The van der Waals surface area contributed by atoms with Crippen LogP contribution in [0.3, 0.4) is 0 Å². The molecule has 1 unspecified atom stereocenters. The highest BCUT2D eigenvalue weighted by Crippen LogP contribution is 2.36. The minimum atomic E-state index is -0.202. The summed E-state index contributed by atoms with van der Waals surface area (Å²) < 4.78 is 24.0. The van der Waals surface area contributed by atoms with Gasteiger partial charge in [0.25, 0.3) is 5.91 Å². The van der Waals surface area contributed by atoms with E-state index in [2.05, 4.69) is 21.9 Å². The van der Waals surface area contributed by atoms with Crippen LogP contribution in [0.1, 0.15) is 65.2 Å². The lowest BCUT2D eigenvalue weighted by Gasteiger charge is -2.34. The molecule has 1 aliphatic heterocycles. The highest BCUT2D eigenvalue weighted by molar-refractivity contribution is 6.03. The Morgan fingerprint density at radius 2 is 1.95 bits per heavy atom. The number of ether oxygens (including phenoxy) is 1. The van der Waals surface area contributed by atoms with Gasteiger partial charge in [0, 0.05) is 75.7 Å². The normalized spacial score (nSPS) is 15.3. The Morgan fingerprint density at radius 1 is 1.14 bits per heavy atom. The Labute approximate surface area is 246 Å². The third kappa shape index (κ3) is 6.57. The number of hydrogen-bond donors (Lipinski definition) is 1. The molecule has 3 heterocycles. The molecule has 4 aromatic rings. The van der Waals surface area contributed by atoms with E-state index in [9.17, 15) is 9.59 Å². The number of aryl methyl sites for hydroxylation is 4. The maximum atomic E-state index is 15.0. The number of para-hydroxylation sites is 1. The number of carbonyl (C=O) groups excluding carboxylic acids is 2. The minimum Gasteiger partial charge on any atom is -0.385 e. The van der Waals surface area contributed by atoms with Crippen LogP contribution in [0.4, 0.5) is 10.1 Å². The average Bonchev–Trinajstić information content (AvgIpc) is 3.55. The number of likely N-dealkylation sites (tertiary alicyclic amines) is 1. The number of nitrogens with zero attached hydrogens (tertiary/aromatic N) is 4. The monoisotopic (exact) mass is 573 g/mol. The minimum absolute atomic E-state index is 0.172. The molecule has 8 nitrogen and oxygen atoms in total. The maximum absolute atomic E-state index is 15.0. The van der Waals surface area contributed by atoms with Crippen LogP contribution in [0, 0.1) is 12.7 Å². The zero-order chi connectivity index (χ0) is 29.6. The first-order valence-electron chi connectivity index (χ1n) is 14.8. The van der Waals surface area contributed by atoms with Crippen molar-refractivity contribution < 1.29 is 18.7 Å². The van der Waals surface area contributed by atoms with Crippen LogP contribution in [-0.4, -0.2) is 57.9 Å². The van der Waals surface area contributed by atoms with Crippen LogP contribution in [0.25, 0.3) is 10.9 Å². The van der Waals surface area contributed by atoms with Crippen LogP contribution in [0.2, 0.25) is 0 Å². The molecule has 0 spiro atoms. The van der Waals surface area contributed by atoms with Gasteiger partial charge in [-0.05, 0) is 68.4 Å². The van der Waals surface area contributed by atoms with E-state index < -0.39 is 0 Å². The van der Waals surface area contributed by atoms with Crippen molar-refractivity contribution in [3.8, 4) is 0 Å². The molecule has 1 N–H and O–H groups in total. The lowest BCUT2D eigenvalue weighted by Crippen LogP contribution is -2.39. The Balaban J connectivity index is 1.18. The number of aromatic nitrogens is 3. The summed E-state index contributed by atoms with van der Waals surface area (Å²) in [6.07, 6.45) is 7.95. The van der Waals surface area contributed by atoms with E-state index in [1.807, 2.05) is 35.2 Å². The molecule has 1 saturated heterocycles. The van der Waals surface area contributed by atoms with Crippen molar-refractivity contribution in [3.63, 3.8) is 0 Å². The molecule has 9 heteroatoms. The number of nitrogens with one attached hydrogen (secondary N) is 1. The van der Waals surface area contributed by atoms with Crippen LogP contribution in [-0.2, 0) is 29.5 Å². The van der Waals surface area contributed by atoms with Crippen molar-refractivity contribution >= 4 is 28.4 Å². The van der Waals surface area contributed by atoms with Crippen molar-refractivity contribution in [2.45, 2.75) is 57.9 Å². The zero-order valence-electron chi connectivity index (χ0n) is 24.7. The Kier molecular flexibility index (Phi) is 9.37. The van der Waals surface area contributed by atoms with Gasteiger partial charge >= 0.3 is 0 Å². The summed E-state index contributed by atoms with van der Waals surface area (Å²) in [5.41, 5.74) is 5.28. The maximum Gasteiger partial charge on any atom is 0.258 e. The van der Waals surface area contributed by atoms with Crippen molar-refractivity contribution in [1.82, 2.24) is 19.2 Å². The van der Waals surface area contributed by atoms with E-state index >= 15 is 4.39 Å². The van der Waals surface area contributed by atoms with Gasteiger partial charge in [0.15, 0.2) is 0 Å². The predicted molar refractivity (Wildman–Crippen MR) is 162 cm³/mol. The number of carbonyl (C=O) groups is 2. The summed E-state index contributed by atoms with van der Waals surface area (Å²) in [4.78, 5) is 27.6. The number of rotatable bonds is 11. The summed E-state index contributed by atoms with van der Waals surface area (Å²) in [6.45, 7) is 4.81. The van der Waals surface area contributed by atoms with Crippen molar-refractivity contribution in [1.29, 1.82) is 0 Å². The second-order valence-electron chi connectivity index (χ2n) is 11.2. The molecule has 0 radical (unpaired) electrons. The topological polar surface area (TPSA) is 81.4 Å². The molecule has 0 aliphatic carbocycles. The Morgan fingerprint density at radius 3 is 2.69 bits per heavy atom. The van der Waals surface area contributed by atoms with E-state index in [4.69, 9.17) is 4.74 Å². The van der Waals surface area contributed by atoms with Gasteiger partial charge in [0.05, 0.1) is 17.3 Å². The fourth-order valence-corrected chi connectivity index (χ4v) is 6.20. The van der Waals surface area contributed by atoms with Gasteiger partial charge in [0.1, 0.15) is 5.82 Å². The largest absolute Gasteiger partial charge is 0.385 e. The molecule has 5 rings (SSSR count). The number of fused-ring (bicyclic) bond motifs is 1. The number of piperidine rings is 1. The molecular weight excluding hydrogens is 533 g/mol. The third-order valence-corrected chi connectivity index (χ3v) is 8.26. The van der Waals surface area contributed by atoms with Gasteiger partial charge in [0.2, 0.25) is 5.91 Å². The first-order chi connectivity index (χ1) is 20.4. The molecule has 1 aliphatic rings. The molecule has 0 bridgehead atoms. The van der Waals surface area contributed by atoms with Gasteiger partial charge in [-0.3, -0.25) is 14.3 Å². The van der Waals surface area contributed by atoms with E-state index in [0.717, 1.165) is 66.5 Å². The van der Waals surface area contributed by atoms with E-state index in [0.29, 0.717) is 37.2 Å². The second kappa shape index (κ2) is 13.3. The van der Waals surface area contributed by atoms with Gasteiger partial charge in [-0.25, -0.2) is 4.39 Å². The molecule has 2 aromatic carbocycles. The fraction of sp³-hybridized carbons (Fsp3) is 0.424. The van der Waals surface area contributed by atoms with Crippen LogP contribution < -0.4 is 5.32 Å². The molecule has 1 atom stereocenters.